The van der Waals surface area contributed by atoms with Gasteiger partial charge < -0.3 is 5.11 Å². The van der Waals surface area contributed by atoms with Crippen LogP contribution >= 0.6 is 15.9 Å². The second kappa shape index (κ2) is 3.25. The van der Waals surface area contributed by atoms with E-state index in [9.17, 15) is 5.11 Å². The molecule has 1 rings (SSSR count). The predicted octanol–water partition coefficient (Wildman–Crippen LogP) is -4.81. The van der Waals surface area contributed by atoms with Crippen molar-refractivity contribution in [3.63, 3.8) is 0 Å². The first kappa shape index (κ1) is 9.84. The van der Waals surface area contributed by atoms with Crippen LogP contribution < -0.4 is 21.9 Å². The van der Waals surface area contributed by atoms with Gasteiger partial charge in [0.2, 0.25) is 0 Å². The third kappa shape index (κ3) is 1.33. The molecule has 1 N–H and O–H groups in total. The molecule has 0 amide bonds. The summed E-state index contributed by atoms with van der Waals surface area (Å²) in [5.41, 5.74) is 4.51. The number of hydrogen-bond acceptors (Lipinski definition) is 1. The normalized spacial score (nSPS) is 10.1. The van der Waals surface area contributed by atoms with Crippen LogP contribution in [-0.2, 0) is 0 Å². The van der Waals surface area contributed by atoms with Crippen LogP contribution in [0.2, 0.25) is 0 Å². The lowest BCUT2D eigenvalue weighted by molar-refractivity contribution is 0.477. The van der Waals surface area contributed by atoms with Crippen molar-refractivity contribution in [2.45, 2.75) is 0 Å². The van der Waals surface area contributed by atoms with Crippen LogP contribution in [0.25, 0.3) is 0 Å². The van der Waals surface area contributed by atoms with E-state index in [-0.39, 0.29) is 0 Å². The van der Waals surface area contributed by atoms with E-state index in [0.717, 1.165) is 15.4 Å². The first-order chi connectivity index (χ1) is 5.46. The predicted molar refractivity (Wildman–Crippen MR) is 68.5 cm³/mol. The Morgan fingerprint density at radius 1 is 0.833 bits per heavy atom. The molecule has 0 radical (unpaired) electrons. The van der Waals surface area contributed by atoms with Crippen LogP contribution in [0.4, 0.5) is 0 Å². The minimum atomic E-state index is 0.371. The van der Waals surface area contributed by atoms with Crippen LogP contribution in [0.3, 0.4) is 0 Å². The van der Waals surface area contributed by atoms with Crippen molar-refractivity contribution in [3.05, 3.63) is 4.47 Å². The Morgan fingerprint density at radius 3 is 1.75 bits per heavy atom. The summed E-state index contributed by atoms with van der Waals surface area (Å²) in [6.45, 7) is 0. The van der Waals surface area contributed by atoms with E-state index in [2.05, 4.69) is 23.8 Å². The second-order valence-corrected chi connectivity index (χ2v) is 3.96. The van der Waals surface area contributed by atoms with E-state index < -0.39 is 0 Å². The number of benzene rings is 1. The molecule has 58 valence electrons. The highest BCUT2D eigenvalue weighted by Gasteiger charge is 2.10. The molecule has 0 spiro atoms. The Bertz CT molecular complexity index is 234. The number of phenols is 1. The Kier molecular flexibility index (Phi) is 2.67. The summed E-state index contributed by atoms with van der Waals surface area (Å²) in [5, 5.41) is 9.65. The molecule has 0 aliphatic carbocycles. The topological polar surface area (TPSA) is 20.2 Å². The van der Waals surface area contributed by atoms with Crippen molar-refractivity contribution in [3.8, 4) is 5.75 Å². The van der Waals surface area contributed by atoms with Crippen LogP contribution in [0.15, 0.2) is 4.47 Å². The molecule has 0 atom stereocenters. The maximum atomic E-state index is 9.65. The SMILES string of the molecule is Bc1c(B)c(B)c(Br)c(O)c1B. The fourth-order valence-electron chi connectivity index (χ4n) is 1.25. The zero-order valence-corrected chi connectivity index (χ0v) is 9.41. The molecule has 0 bridgehead atoms. The van der Waals surface area contributed by atoms with Crippen molar-refractivity contribution in [1.29, 1.82) is 0 Å². The van der Waals surface area contributed by atoms with E-state index in [1.54, 1.807) is 0 Å². The van der Waals surface area contributed by atoms with Crippen molar-refractivity contribution in [2.24, 2.45) is 0 Å². The van der Waals surface area contributed by atoms with Crippen LogP contribution in [-0.4, -0.2) is 36.5 Å². The first-order valence-electron chi connectivity index (χ1n) is 3.91. The molecule has 1 aromatic rings. The molecule has 0 saturated carbocycles. The Hall–Kier alpha value is -0.240. The summed E-state index contributed by atoms with van der Waals surface area (Å²) >= 11 is 3.36. The van der Waals surface area contributed by atoms with Crippen LogP contribution in [0.1, 0.15) is 0 Å². The summed E-state index contributed by atoms with van der Waals surface area (Å²) in [6.07, 6.45) is 0. The Morgan fingerprint density at radius 2 is 1.25 bits per heavy atom. The molecule has 0 heterocycles. The summed E-state index contributed by atoms with van der Waals surface area (Å²) in [7, 11) is 8.04. The lowest BCUT2D eigenvalue weighted by Crippen LogP contribution is -2.47. The molecule has 6 heteroatoms. The zero-order valence-electron chi connectivity index (χ0n) is 7.83. The minimum absolute atomic E-state index is 0.371. The number of aromatic hydroxyl groups is 1. The van der Waals surface area contributed by atoms with Crippen LogP contribution in [0, 0.1) is 0 Å². The van der Waals surface area contributed by atoms with Crippen molar-refractivity contribution in [1.82, 2.24) is 0 Å². The Labute approximate surface area is 84.7 Å². The summed E-state index contributed by atoms with van der Waals surface area (Å²) < 4.78 is 0.822. The minimum Gasteiger partial charge on any atom is -0.507 e. The van der Waals surface area contributed by atoms with Gasteiger partial charge in [-0.2, -0.15) is 0 Å². The zero-order chi connectivity index (χ0) is 9.46. The van der Waals surface area contributed by atoms with Gasteiger partial charge in [-0.25, -0.2) is 0 Å². The molecular formula is C6H9B4BrO. The van der Waals surface area contributed by atoms with E-state index in [1.807, 2.05) is 23.5 Å². The molecular weight excluding hydrogens is 211 g/mol. The van der Waals surface area contributed by atoms with Crippen molar-refractivity contribution in [2.75, 3.05) is 0 Å². The number of hydrogen-bond donors (Lipinski definition) is 1. The van der Waals surface area contributed by atoms with Gasteiger partial charge in [-0.3, -0.25) is 0 Å². The molecule has 0 saturated heterocycles. The second-order valence-electron chi connectivity index (χ2n) is 3.16. The molecule has 1 aromatic carbocycles. The quantitative estimate of drug-likeness (QED) is 0.435. The maximum absolute atomic E-state index is 9.65. The molecule has 1 nitrogen and oxygen atoms in total. The number of rotatable bonds is 0. The average Bonchev–Trinajstić information content (AvgIpc) is 2.08. The first-order valence-corrected chi connectivity index (χ1v) is 4.71. The van der Waals surface area contributed by atoms with Crippen LogP contribution in [0.5, 0.6) is 5.75 Å². The van der Waals surface area contributed by atoms with Crippen molar-refractivity contribution >= 4 is 69.2 Å². The fourth-order valence-corrected chi connectivity index (χ4v) is 1.84. The highest BCUT2D eigenvalue weighted by molar-refractivity contribution is 9.10. The maximum Gasteiger partial charge on any atom is 0.143 e. The van der Waals surface area contributed by atoms with Gasteiger partial charge in [0.05, 0.1) is 4.47 Å². The average molecular weight is 220 g/mol. The van der Waals surface area contributed by atoms with Crippen molar-refractivity contribution < 1.29 is 5.11 Å². The van der Waals surface area contributed by atoms with Gasteiger partial charge in [0.1, 0.15) is 37.1 Å². The van der Waals surface area contributed by atoms with Gasteiger partial charge in [0.15, 0.2) is 0 Å². The summed E-state index contributed by atoms with van der Waals surface area (Å²) in [5.74, 6) is 0.371. The van der Waals surface area contributed by atoms with Gasteiger partial charge >= 0.3 is 0 Å². The highest BCUT2D eigenvalue weighted by Crippen LogP contribution is 2.15. The molecule has 0 aliphatic rings. The fraction of sp³-hybridized carbons (Fsp3) is 0. The largest absolute Gasteiger partial charge is 0.507 e. The molecule has 0 aliphatic heterocycles. The summed E-state index contributed by atoms with van der Waals surface area (Å²) in [6, 6.07) is 0. The molecule has 0 aromatic heterocycles. The smallest absolute Gasteiger partial charge is 0.143 e. The third-order valence-electron chi connectivity index (χ3n) is 2.58. The number of halogens is 1. The number of phenolic OH excluding ortho intramolecular Hbond substituents is 1. The van der Waals surface area contributed by atoms with Gasteiger partial charge in [-0.15, -0.1) is 5.46 Å². The van der Waals surface area contributed by atoms with Gasteiger partial charge in [-0.05, 0) is 15.9 Å². The molecule has 0 unspecified atom stereocenters. The van der Waals surface area contributed by atoms with Gasteiger partial charge in [-0.1, -0.05) is 16.4 Å². The van der Waals surface area contributed by atoms with E-state index in [1.165, 1.54) is 10.9 Å². The molecule has 12 heavy (non-hydrogen) atoms. The van der Waals surface area contributed by atoms with E-state index >= 15 is 0 Å². The standard InChI is InChI=1S/C6H9B4BrO/c7-1-2(8)4(10)6(12)5(11)3(1)9/h12H,7-10H2. The lowest BCUT2D eigenvalue weighted by Gasteiger charge is -2.13. The van der Waals surface area contributed by atoms with Gasteiger partial charge in [0, 0.05) is 0 Å². The van der Waals surface area contributed by atoms with E-state index in [4.69, 9.17) is 0 Å². The highest BCUT2D eigenvalue weighted by atomic mass is 79.9. The summed E-state index contributed by atoms with van der Waals surface area (Å²) in [4.78, 5) is 0. The third-order valence-corrected chi connectivity index (χ3v) is 3.55. The van der Waals surface area contributed by atoms with Gasteiger partial charge in [0.25, 0.3) is 0 Å². The monoisotopic (exact) mass is 220 g/mol. The lowest BCUT2D eigenvalue weighted by atomic mass is 9.67. The van der Waals surface area contributed by atoms with E-state index in [0.29, 0.717) is 5.75 Å². The Balaban J connectivity index is 3.60. The molecule has 0 fully saturated rings.